The SMILES string of the molecule is CC1CN(C2CCC(C(=O)O)CC2)C(=O)N1. The van der Waals surface area contributed by atoms with Crippen LogP contribution in [0.2, 0.25) is 0 Å². The van der Waals surface area contributed by atoms with Gasteiger partial charge in [0.2, 0.25) is 0 Å². The van der Waals surface area contributed by atoms with Crippen LogP contribution < -0.4 is 5.32 Å². The van der Waals surface area contributed by atoms with E-state index in [9.17, 15) is 9.59 Å². The first-order valence-electron chi connectivity index (χ1n) is 5.88. The summed E-state index contributed by atoms with van der Waals surface area (Å²) in [7, 11) is 0. The molecule has 90 valence electrons. The molecule has 2 N–H and O–H groups in total. The van der Waals surface area contributed by atoms with E-state index in [-0.39, 0.29) is 24.0 Å². The number of nitrogens with zero attached hydrogens (tertiary/aromatic N) is 1. The molecular weight excluding hydrogens is 208 g/mol. The van der Waals surface area contributed by atoms with Crippen molar-refractivity contribution in [1.82, 2.24) is 10.2 Å². The van der Waals surface area contributed by atoms with Crippen molar-refractivity contribution in [3.63, 3.8) is 0 Å². The molecule has 1 atom stereocenters. The van der Waals surface area contributed by atoms with Crippen molar-refractivity contribution in [1.29, 1.82) is 0 Å². The molecule has 0 radical (unpaired) electrons. The predicted molar refractivity (Wildman–Crippen MR) is 58.1 cm³/mol. The van der Waals surface area contributed by atoms with Crippen molar-refractivity contribution in [2.24, 2.45) is 5.92 Å². The van der Waals surface area contributed by atoms with Crippen LogP contribution in [0.25, 0.3) is 0 Å². The lowest BCUT2D eigenvalue weighted by molar-refractivity contribution is -0.143. The first-order valence-corrected chi connectivity index (χ1v) is 5.88. The third kappa shape index (κ3) is 2.13. The fourth-order valence-corrected chi connectivity index (χ4v) is 2.67. The van der Waals surface area contributed by atoms with Gasteiger partial charge in [-0.25, -0.2) is 4.79 Å². The second kappa shape index (κ2) is 4.31. The van der Waals surface area contributed by atoms with E-state index < -0.39 is 5.97 Å². The molecule has 1 saturated heterocycles. The molecule has 5 nitrogen and oxygen atoms in total. The van der Waals surface area contributed by atoms with E-state index in [0.717, 1.165) is 19.4 Å². The van der Waals surface area contributed by atoms with Crippen molar-refractivity contribution in [3.05, 3.63) is 0 Å². The highest BCUT2D eigenvalue weighted by atomic mass is 16.4. The Kier molecular flexibility index (Phi) is 3.03. The highest BCUT2D eigenvalue weighted by Crippen LogP contribution is 2.28. The lowest BCUT2D eigenvalue weighted by Crippen LogP contribution is -2.41. The molecule has 2 amide bonds. The van der Waals surface area contributed by atoms with Crippen LogP contribution >= 0.6 is 0 Å². The van der Waals surface area contributed by atoms with Gasteiger partial charge in [-0.3, -0.25) is 4.79 Å². The average molecular weight is 226 g/mol. The van der Waals surface area contributed by atoms with Crippen molar-refractivity contribution in [3.8, 4) is 0 Å². The van der Waals surface area contributed by atoms with E-state index in [0.29, 0.717) is 12.8 Å². The minimum absolute atomic E-state index is 0.00581. The molecule has 0 bridgehead atoms. The molecule has 1 saturated carbocycles. The summed E-state index contributed by atoms with van der Waals surface area (Å²) in [5.41, 5.74) is 0. The fourth-order valence-electron chi connectivity index (χ4n) is 2.67. The van der Waals surface area contributed by atoms with E-state index in [4.69, 9.17) is 5.11 Å². The van der Waals surface area contributed by atoms with Crippen LogP contribution in [0.15, 0.2) is 0 Å². The molecule has 2 fully saturated rings. The molecule has 0 spiro atoms. The van der Waals surface area contributed by atoms with E-state index in [2.05, 4.69) is 5.32 Å². The molecule has 1 unspecified atom stereocenters. The van der Waals surface area contributed by atoms with Gasteiger partial charge in [0.25, 0.3) is 0 Å². The maximum Gasteiger partial charge on any atom is 0.317 e. The zero-order valence-corrected chi connectivity index (χ0v) is 9.48. The summed E-state index contributed by atoms with van der Waals surface area (Å²) >= 11 is 0. The minimum Gasteiger partial charge on any atom is -0.481 e. The van der Waals surface area contributed by atoms with Crippen molar-refractivity contribution < 1.29 is 14.7 Å². The van der Waals surface area contributed by atoms with Gasteiger partial charge in [-0.05, 0) is 32.6 Å². The van der Waals surface area contributed by atoms with Crippen LogP contribution in [-0.4, -0.2) is 40.6 Å². The topological polar surface area (TPSA) is 69.6 Å². The fraction of sp³-hybridized carbons (Fsp3) is 0.818. The molecule has 1 heterocycles. The number of aliphatic carboxylic acids is 1. The van der Waals surface area contributed by atoms with Gasteiger partial charge in [-0.15, -0.1) is 0 Å². The van der Waals surface area contributed by atoms with Gasteiger partial charge in [0.15, 0.2) is 0 Å². The Morgan fingerprint density at radius 1 is 1.38 bits per heavy atom. The quantitative estimate of drug-likeness (QED) is 0.739. The number of carboxylic acids is 1. The average Bonchev–Trinajstić information content (AvgIpc) is 2.58. The number of nitrogens with one attached hydrogen (secondary N) is 1. The Morgan fingerprint density at radius 3 is 2.44 bits per heavy atom. The number of carbonyl (C=O) groups excluding carboxylic acids is 1. The van der Waals surface area contributed by atoms with Crippen LogP contribution in [0, 0.1) is 5.92 Å². The Bertz CT molecular complexity index is 298. The van der Waals surface area contributed by atoms with Gasteiger partial charge in [0, 0.05) is 18.6 Å². The molecular formula is C11H18N2O3. The van der Waals surface area contributed by atoms with E-state index in [1.54, 1.807) is 0 Å². The second-order valence-electron chi connectivity index (χ2n) is 4.85. The molecule has 0 aromatic rings. The summed E-state index contributed by atoms with van der Waals surface area (Å²) in [6.07, 6.45) is 3.02. The molecule has 5 heteroatoms. The monoisotopic (exact) mass is 226 g/mol. The maximum atomic E-state index is 11.6. The first-order chi connectivity index (χ1) is 7.58. The zero-order chi connectivity index (χ0) is 11.7. The van der Waals surface area contributed by atoms with E-state index >= 15 is 0 Å². The largest absolute Gasteiger partial charge is 0.481 e. The van der Waals surface area contributed by atoms with Crippen molar-refractivity contribution >= 4 is 12.0 Å². The molecule has 0 aromatic carbocycles. The van der Waals surface area contributed by atoms with Gasteiger partial charge in [-0.1, -0.05) is 0 Å². The predicted octanol–water partition coefficient (Wildman–Crippen LogP) is 1.04. The lowest BCUT2D eigenvalue weighted by atomic mass is 9.85. The summed E-state index contributed by atoms with van der Waals surface area (Å²) in [5, 5.41) is 11.8. The van der Waals surface area contributed by atoms with Crippen LogP contribution in [0.1, 0.15) is 32.6 Å². The second-order valence-corrected chi connectivity index (χ2v) is 4.85. The Hall–Kier alpha value is -1.26. The minimum atomic E-state index is -0.697. The van der Waals surface area contributed by atoms with Gasteiger partial charge < -0.3 is 15.3 Å². The molecule has 0 aromatic heterocycles. The summed E-state index contributed by atoms with van der Waals surface area (Å²) in [6, 6.07) is 0.455. The third-order valence-electron chi connectivity index (χ3n) is 3.59. The lowest BCUT2D eigenvalue weighted by Gasteiger charge is -2.32. The number of hydrogen-bond donors (Lipinski definition) is 2. The Balaban J connectivity index is 1.89. The van der Waals surface area contributed by atoms with E-state index in [1.807, 2.05) is 11.8 Å². The van der Waals surface area contributed by atoms with Gasteiger partial charge in [0.05, 0.1) is 5.92 Å². The summed E-state index contributed by atoms with van der Waals surface area (Å²) in [4.78, 5) is 24.3. The normalized spacial score (nSPS) is 34.9. The van der Waals surface area contributed by atoms with Crippen LogP contribution in [0.4, 0.5) is 4.79 Å². The van der Waals surface area contributed by atoms with Crippen LogP contribution in [-0.2, 0) is 4.79 Å². The number of carboxylic acid groups (broad SMARTS) is 1. The first kappa shape index (κ1) is 11.2. The zero-order valence-electron chi connectivity index (χ0n) is 9.48. The molecule has 1 aliphatic carbocycles. The number of rotatable bonds is 2. The van der Waals surface area contributed by atoms with Crippen LogP contribution in [0.3, 0.4) is 0 Å². The number of carbonyl (C=O) groups is 2. The van der Waals surface area contributed by atoms with Gasteiger partial charge >= 0.3 is 12.0 Å². The Morgan fingerprint density at radius 2 is 2.00 bits per heavy atom. The summed E-state index contributed by atoms with van der Waals surface area (Å²) in [6.45, 7) is 2.74. The molecule has 2 aliphatic rings. The number of urea groups is 1. The number of amides is 2. The van der Waals surface area contributed by atoms with Gasteiger partial charge in [-0.2, -0.15) is 0 Å². The van der Waals surface area contributed by atoms with Crippen molar-refractivity contribution in [2.45, 2.75) is 44.7 Å². The maximum absolute atomic E-state index is 11.6. The molecule has 16 heavy (non-hydrogen) atoms. The summed E-state index contributed by atoms with van der Waals surface area (Å²) < 4.78 is 0. The third-order valence-corrected chi connectivity index (χ3v) is 3.59. The molecule has 2 rings (SSSR count). The number of hydrogen-bond acceptors (Lipinski definition) is 2. The standard InChI is InChI=1S/C11H18N2O3/c1-7-6-13(11(16)12-7)9-4-2-8(3-5-9)10(14)15/h7-9H,2-6H2,1H3,(H,12,16)(H,14,15). The highest BCUT2D eigenvalue weighted by Gasteiger charge is 2.35. The Labute approximate surface area is 94.8 Å². The smallest absolute Gasteiger partial charge is 0.317 e. The summed E-state index contributed by atoms with van der Waals surface area (Å²) in [5.74, 6) is -0.906. The molecule has 1 aliphatic heterocycles. The van der Waals surface area contributed by atoms with Gasteiger partial charge in [0.1, 0.15) is 0 Å². The van der Waals surface area contributed by atoms with E-state index in [1.165, 1.54) is 0 Å². The van der Waals surface area contributed by atoms with Crippen molar-refractivity contribution in [2.75, 3.05) is 6.54 Å². The van der Waals surface area contributed by atoms with Crippen LogP contribution in [0.5, 0.6) is 0 Å². The highest BCUT2D eigenvalue weighted by molar-refractivity contribution is 5.77.